The smallest absolute Gasteiger partial charge is 0.143 e. The molecule has 140 valence electrons. The Hall–Kier alpha value is -1.11. The van der Waals surface area contributed by atoms with Crippen LogP contribution in [0.1, 0.15) is 25.3 Å². The molecule has 0 saturated carbocycles. The zero-order chi connectivity index (χ0) is 17.8. The van der Waals surface area contributed by atoms with E-state index >= 15 is 0 Å². The first kappa shape index (κ1) is 18.7. The van der Waals surface area contributed by atoms with Crippen LogP contribution in [-0.4, -0.2) is 67.9 Å². The Morgan fingerprint density at radius 3 is 2.36 bits per heavy atom. The Kier molecular flexibility index (Phi) is 6.36. The summed E-state index contributed by atoms with van der Waals surface area (Å²) in [5.74, 6) is 0.794. The number of anilines is 2. The van der Waals surface area contributed by atoms with Gasteiger partial charge in [0.05, 0.1) is 12.8 Å². The number of ether oxygens (including phenoxy) is 1. The second kappa shape index (κ2) is 8.52. The standard InChI is InChI=1S/C19H32N4OS/c1-4-15-13-17(20)19(24-2)14-18(15)22-7-5-16(6-8-22)21-9-11-23(25-3)12-10-21/h13-14,16H,4-12,20H2,1-3H3. The van der Waals surface area contributed by atoms with Gasteiger partial charge in [-0.2, -0.15) is 0 Å². The quantitative estimate of drug-likeness (QED) is 0.640. The fraction of sp³-hybridized carbons (Fsp3) is 0.684. The molecule has 2 N–H and O–H groups in total. The molecular formula is C19H32N4OS. The SMILES string of the molecule is CCc1cc(N)c(OC)cc1N1CCC(N2CCN(SC)CC2)CC1. The zero-order valence-electron chi connectivity index (χ0n) is 15.8. The van der Waals surface area contributed by atoms with E-state index in [0.29, 0.717) is 0 Å². The minimum Gasteiger partial charge on any atom is -0.495 e. The normalized spacial score (nSPS) is 20.8. The summed E-state index contributed by atoms with van der Waals surface area (Å²) >= 11 is 1.88. The number of methoxy groups -OCH3 is 1. The van der Waals surface area contributed by atoms with Gasteiger partial charge in [0.1, 0.15) is 5.75 Å². The maximum atomic E-state index is 6.09. The number of piperazine rings is 1. The van der Waals surface area contributed by atoms with Gasteiger partial charge < -0.3 is 15.4 Å². The van der Waals surface area contributed by atoms with E-state index in [9.17, 15) is 0 Å². The van der Waals surface area contributed by atoms with Crippen LogP contribution in [0, 0.1) is 0 Å². The molecule has 0 atom stereocenters. The minimum atomic E-state index is 0.737. The van der Waals surface area contributed by atoms with Crippen LogP contribution >= 0.6 is 11.9 Å². The molecule has 2 heterocycles. The lowest BCUT2D eigenvalue weighted by molar-refractivity contribution is 0.124. The number of nitrogens with two attached hydrogens (primary N) is 1. The third kappa shape index (κ3) is 4.18. The summed E-state index contributed by atoms with van der Waals surface area (Å²) in [5.41, 5.74) is 9.46. The molecule has 0 spiro atoms. The van der Waals surface area contributed by atoms with Gasteiger partial charge in [-0.15, -0.1) is 0 Å². The fourth-order valence-electron chi connectivity index (χ4n) is 4.11. The van der Waals surface area contributed by atoms with Crippen LogP contribution in [0.15, 0.2) is 12.1 Å². The maximum Gasteiger partial charge on any atom is 0.143 e. The average molecular weight is 365 g/mol. The summed E-state index contributed by atoms with van der Waals surface area (Å²) < 4.78 is 7.92. The van der Waals surface area contributed by atoms with Crippen molar-refractivity contribution in [3.63, 3.8) is 0 Å². The highest BCUT2D eigenvalue weighted by Crippen LogP contribution is 2.34. The predicted octanol–water partition coefficient (Wildman–Crippen LogP) is 2.70. The Bertz CT molecular complexity index is 567. The van der Waals surface area contributed by atoms with Gasteiger partial charge in [-0.1, -0.05) is 18.9 Å². The van der Waals surface area contributed by atoms with Crippen molar-refractivity contribution in [3.05, 3.63) is 17.7 Å². The molecule has 6 heteroatoms. The molecule has 5 nitrogen and oxygen atoms in total. The molecule has 0 radical (unpaired) electrons. The molecule has 2 aliphatic rings. The summed E-state index contributed by atoms with van der Waals surface area (Å²) in [6.45, 7) is 9.24. The summed E-state index contributed by atoms with van der Waals surface area (Å²) in [6.07, 6.45) is 5.67. The lowest BCUT2D eigenvalue weighted by atomic mass is 9.99. The zero-order valence-corrected chi connectivity index (χ0v) is 16.6. The molecule has 1 aromatic rings. The van der Waals surface area contributed by atoms with E-state index in [1.807, 2.05) is 11.9 Å². The van der Waals surface area contributed by atoms with Crippen molar-refractivity contribution in [3.8, 4) is 5.75 Å². The number of nitrogens with zero attached hydrogens (tertiary/aromatic N) is 3. The molecular weight excluding hydrogens is 332 g/mol. The molecule has 0 aliphatic carbocycles. The van der Waals surface area contributed by atoms with Crippen LogP contribution in [0.2, 0.25) is 0 Å². The van der Waals surface area contributed by atoms with Crippen LogP contribution in [-0.2, 0) is 6.42 Å². The molecule has 2 aliphatic heterocycles. The fourth-order valence-corrected chi connectivity index (χ4v) is 4.64. The van der Waals surface area contributed by atoms with E-state index in [1.165, 1.54) is 50.3 Å². The Balaban J connectivity index is 1.62. The molecule has 0 unspecified atom stereocenters. The summed E-state index contributed by atoms with van der Waals surface area (Å²) in [5, 5.41) is 0. The van der Waals surface area contributed by atoms with Crippen molar-refractivity contribution < 1.29 is 4.74 Å². The third-order valence-electron chi connectivity index (χ3n) is 5.66. The molecule has 0 amide bonds. The van der Waals surface area contributed by atoms with Crippen molar-refractivity contribution in [1.29, 1.82) is 0 Å². The van der Waals surface area contributed by atoms with Gasteiger partial charge in [-0.3, -0.25) is 4.90 Å². The van der Waals surface area contributed by atoms with Gasteiger partial charge in [0.25, 0.3) is 0 Å². The van der Waals surface area contributed by atoms with Crippen LogP contribution < -0.4 is 15.4 Å². The largest absolute Gasteiger partial charge is 0.495 e. The average Bonchev–Trinajstić information content (AvgIpc) is 2.68. The molecule has 3 rings (SSSR count). The number of aryl methyl sites for hydroxylation is 1. The highest BCUT2D eigenvalue weighted by Gasteiger charge is 2.28. The number of benzene rings is 1. The monoisotopic (exact) mass is 364 g/mol. The van der Waals surface area contributed by atoms with Gasteiger partial charge in [0, 0.05) is 57.1 Å². The summed E-state index contributed by atoms with van der Waals surface area (Å²) in [7, 11) is 1.70. The van der Waals surface area contributed by atoms with Gasteiger partial charge >= 0.3 is 0 Å². The van der Waals surface area contributed by atoms with E-state index in [0.717, 1.165) is 37.0 Å². The number of piperidine rings is 1. The Morgan fingerprint density at radius 1 is 1.12 bits per heavy atom. The van der Waals surface area contributed by atoms with Crippen LogP contribution in [0.25, 0.3) is 0 Å². The van der Waals surface area contributed by atoms with E-state index < -0.39 is 0 Å². The van der Waals surface area contributed by atoms with E-state index in [1.54, 1.807) is 7.11 Å². The van der Waals surface area contributed by atoms with Gasteiger partial charge in [-0.05, 0) is 37.1 Å². The van der Waals surface area contributed by atoms with Crippen molar-refractivity contribution >= 4 is 23.3 Å². The molecule has 25 heavy (non-hydrogen) atoms. The van der Waals surface area contributed by atoms with Crippen LogP contribution in [0.3, 0.4) is 0 Å². The van der Waals surface area contributed by atoms with Crippen molar-refractivity contribution in [1.82, 2.24) is 9.21 Å². The van der Waals surface area contributed by atoms with Crippen molar-refractivity contribution in [2.24, 2.45) is 0 Å². The molecule has 1 aromatic carbocycles. The highest BCUT2D eigenvalue weighted by atomic mass is 32.2. The van der Waals surface area contributed by atoms with Gasteiger partial charge in [-0.25, -0.2) is 4.31 Å². The summed E-state index contributed by atoms with van der Waals surface area (Å²) in [4.78, 5) is 5.23. The van der Waals surface area contributed by atoms with Gasteiger partial charge in [0.2, 0.25) is 0 Å². The minimum absolute atomic E-state index is 0.737. The predicted molar refractivity (Wildman–Crippen MR) is 109 cm³/mol. The highest BCUT2D eigenvalue weighted by molar-refractivity contribution is 7.96. The number of nitrogen functional groups attached to an aromatic ring is 1. The number of hydrogen-bond donors (Lipinski definition) is 1. The van der Waals surface area contributed by atoms with E-state index in [4.69, 9.17) is 10.5 Å². The maximum absolute atomic E-state index is 6.09. The third-order valence-corrected chi connectivity index (χ3v) is 6.55. The lowest BCUT2D eigenvalue weighted by Gasteiger charge is -2.43. The molecule has 0 bridgehead atoms. The van der Waals surface area contributed by atoms with E-state index in [2.05, 4.69) is 39.4 Å². The first-order valence-electron chi connectivity index (χ1n) is 9.40. The second-order valence-corrected chi connectivity index (χ2v) is 7.82. The Morgan fingerprint density at radius 2 is 1.80 bits per heavy atom. The van der Waals surface area contributed by atoms with Crippen LogP contribution in [0.4, 0.5) is 11.4 Å². The molecule has 0 aromatic heterocycles. The number of rotatable bonds is 5. The second-order valence-electron chi connectivity index (χ2n) is 6.94. The first-order chi connectivity index (χ1) is 12.2. The van der Waals surface area contributed by atoms with Gasteiger partial charge in [0.15, 0.2) is 0 Å². The van der Waals surface area contributed by atoms with Crippen molar-refractivity contribution in [2.45, 2.75) is 32.2 Å². The number of hydrogen-bond acceptors (Lipinski definition) is 6. The Labute approximate surface area is 156 Å². The molecule has 2 saturated heterocycles. The summed E-state index contributed by atoms with van der Waals surface area (Å²) in [6, 6.07) is 4.95. The van der Waals surface area contributed by atoms with E-state index in [-0.39, 0.29) is 0 Å². The van der Waals surface area contributed by atoms with Crippen LogP contribution in [0.5, 0.6) is 5.75 Å². The van der Waals surface area contributed by atoms with Crippen molar-refractivity contribution in [2.75, 3.05) is 63.3 Å². The topological polar surface area (TPSA) is 45.0 Å². The molecule has 2 fully saturated rings. The first-order valence-corrected chi connectivity index (χ1v) is 10.6. The lowest BCUT2D eigenvalue weighted by Crippen LogP contribution is -2.51.